The lowest BCUT2D eigenvalue weighted by Crippen LogP contribution is -2.30. The summed E-state index contributed by atoms with van der Waals surface area (Å²) in [7, 11) is 0. The maximum atomic E-state index is 3.69. The first-order chi connectivity index (χ1) is 7.74. The van der Waals surface area contributed by atoms with Gasteiger partial charge in [0.1, 0.15) is 0 Å². The van der Waals surface area contributed by atoms with Gasteiger partial charge in [-0.2, -0.15) is 0 Å². The molecule has 1 fully saturated rings. The first kappa shape index (κ1) is 14.0. The van der Waals surface area contributed by atoms with Crippen molar-refractivity contribution in [3.05, 3.63) is 0 Å². The third-order valence-corrected chi connectivity index (χ3v) is 3.96. The average molecular weight is 225 g/mol. The predicted octanol–water partition coefficient (Wildman–Crippen LogP) is 4.37. The van der Waals surface area contributed by atoms with E-state index in [1.54, 1.807) is 0 Å². The molecule has 0 aromatic heterocycles. The molecule has 0 saturated heterocycles. The summed E-state index contributed by atoms with van der Waals surface area (Å²) >= 11 is 0. The highest BCUT2D eigenvalue weighted by atomic mass is 14.9. The summed E-state index contributed by atoms with van der Waals surface area (Å²) in [6.45, 7) is 8.27. The molecule has 2 unspecified atom stereocenters. The van der Waals surface area contributed by atoms with Crippen molar-refractivity contribution in [3.8, 4) is 0 Å². The van der Waals surface area contributed by atoms with Crippen molar-refractivity contribution in [1.29, 1.82) is 0 Å². The fourth-order valence-corrected chi connectivity index (χ4v) is 2.38. The molecule has 0 radical (unpaired) electrons. The van der Waals surface area contributed by atoms with E-state index >= 15 is 0 Å². The van der Waals surface area contributed by atoms with Gasteiger partial charge in [0.2, 0.25) is 0 Å². The molecule has 1 aliphatic carbocycles. The quantitative estimate of drug-likeness (QED) is 0.544. The predicted molar refractivity (Wildman–Crippen MR) is 72.7 cm³/mol. The summed E-state index contributed by atoms with van der Waals surface area (Å²) in [6.07, 6.45) is 11.4. The second-order valence-electron chi connectivity index (χ2n) is 5.83. The van der Waals surface area contributed by atoms with Crippen LogP contribution in [0.5, 0.6) is 0 Å². The van der Waals surface area contributed by atoms with Gasteiger partial charge >= 0.3 is 0 Å². The highest BCUT2D eigenvalue weighted by Crippen LogP contribution is 2.36. The molecule has 96 valence electrons. The Morgan fingerprint density at radius 3 is 2.38 bits per heavy atom. The molecule has 0 heterocycles. The Labute approximate surface area is 102 Å². The van der Waals surface area contributed by atoms with Gasteiger partial charge in [-0.3, -0.25) is 0 Å². The maximum absolute atomic E-state index is 3.69. The number of unbranched alkanes of at least 4 members (excludes halogenated alkanes) is 4. The lowest BCUT2D eigenvalue weighted by atomic mass is 10.0. The van der Waals surface area contributed by atoms with E-state index in [1.165, 1.54) is 57.9 Å². The first-order valence-electron chi connectivity index (χ1n) is 7.47. The molecule has 0 aromatic rings. The highest BCUT2D eigenvalue weighted by molar-refractivity contribution is 4.80. The molecule has 1 nitrogen and oxygen atoms in total. The van der Waals surface area contributed by atoms with Gasteiger partial charge in [-0.15, -0.1) is 0 Å². The van der Waals surface area contributed by atoms with Crippen molar-refractivity contribution in [3.63, 3.8) is 0 Å². The SMILES string of the molecule is CCCCCCCC(C)NCC(C)C1CC1. The molecule has 1 saturated carbocycles. The van der Waals surface area contributed by atoms with Crippen LogP contribution < -0.4 is 5.32 Å². The molecule has 1 aliphatic rings. The molecule has 2 atom stereocenters. The van der Waals surface area contributed by atoms with Crippen molar-refractivity contribution in [1.82, 2.24) is 5.32 Å². The van der Waals surface area contributed by atoms with Gasteiger partial charge in [-0.1, -0.05) is 46.0 Å². The summed E-state index contributed by atoms with van der Waals surface area (Å²) in [4.78, 5) is 0. The van der Waals surface area contributed by atoms with Gasteiger partial charge in [0, 0.05) is 6.04 Å². The normalized spacial score (nSPS) is 19.7. The Hall–Kier alpha value is -0.0400. The second kappa shape index (κ2) is 8.11. The zero-order valence-electron chi connectivity index (χ0n) is 11.6. The Balaban J connectivity index is 1.87. The minimum absolute atomic E-state index is 0.725. The van der Waals surface area contributed by atoms with Crippen LogP contribution >= 0.6 is 0 Å². The molecule has 0 amide bonds. The van der Waals surface area contributed by atoms with Crippen LogP contribution in [-0.2, 0) is 0 Å². The maximum Gasteiger partial charge on any atom is 0.00388 e. The van der Waals surface area contributed by atoms with Gasteiger partial charge in [0.05, 0.1) is 0 Å². The van der Waals surface area contributed by atoms with E-state index in [4.69, 9.17) is 0 Å². The molecule has 0 spiro atoms. The van der Waals surface area contributed by atoms with Crippen LogP contribution in [0.1, 0.15) is 72.1 Å². The van der Waals surface area contributed by atoms with Crippen LogP contribution in [0.4, 0.5) is 0 Å². The van der Waals surface area contributed by atoms with Gasteiger partial charge in [-0.05, 0) is 44.6 Å². The molecular formula is C15H31N. The van der Waals surface area contributed by atoms with Gasteiger partial charge in [0.25, 0.3) is 0 Å². The number of hydrogen-bond acceptors (Lipinski definition) is 1. The molecule has 0 aromatic carbocycles. The molecule has 0 aliphatic heterocycles. The van der Waals surface area contributed by atoms with Crippen molar-refractivity contribution in [2.75, 3.05) is 6.54 Å². The average Bonchev–Trinajstić information content (AvgIpc) is 3.09. The number of hydrogen-bond donors (Lipinski definition) is 1. The van der Waals surface area contributed by atoms with Crippen LogP contribution in [0.2, 0.25) is 0 Å². The second-order valence-corrected chi connectivity index (χ2v) is 5.83. The van der Waals surface area contributed by atoms with Crippen LogP contribution in [0.3, 0.4) is 0 Å². The first-order valence-corrected chi connectivity index (χ1v) is 7.47. The summed E-state index contributed by atoms with van der Waals surface area (Å²) in [5.74, 6) is 1.95. The monoisotopic (exact) mass is 225 g/mol. The number of rotatable bonds is 10. The minimum atomic E-state index is 0.725. The molecule has 0 bridgehead atoms. The van der Waals surface area contributed by atoms with E-state index in [0.29, 0.717) is 0 Å². The molecular weight excluding hydrogens is 194 g/mol. The molecule has 16 heavy (non-hydrogen) atoms. The van der Waals surface area contributed by atoms with Gasteiger partial charge < -0.3 is 5.32 Å². The topological polar surface area (TPSA) is 12.0 Å². The van der Waals surface area contributed by atoms with Crippen LogP contribution in [0, 0.1) is 11.8 Å². The van der Waals surface area contributed by atoms with E-state index in [9.17, 15) is 0 Å². The summed E-state index contributed by atoms with van der Waals surface area (Å²) in [5.41, 5.74) is 0. The minimum Gasteiger partial charge on any atom is -0.314 e. The zero-order chi connectivity index (χ0) is 11.8. The van der Waals surface area contributed by atoms with Crippen LogP contribution in [0.25, 0.3) is 0 Å². The lowest BCUT2D eigenvalue weighted by molar-refractivity contribution is 0.406. The van der Waals surface area contributed by atoms with Crippen molar-refractivity contribution >= 4 is 0 Å². The van der Waals surface area contributed by atoms with Crippen molar-refractivity contribution in [2.24, 2.45) is 11.8 Å². The van der Waals surface area contributed by atoms with Gasteiger partial charge in [-0.25, -0.2) is 0 Å². The smallest absolute Gasteiger partial charge is 0.00388 e. The Morgan fingerprint density at radius 1 is 1.06 bits per heavy atom. The standard InChI is InChI=1S/C15H31N/c1-4-5-6-7-8-9-14(3)16-12-13(2)15-10-11-15/h13-16H,4-12H2,1-3H3. The zero-order valence-corrected chi connectivity index (χ0v) is 11.6. The van der Waals surface area contributed by atoms with E-state index in [1.807, 2.05) is 0 Å². The number of nitrogens with one attached hydrogen (secondary N) is 1. The van der Waals surface area contributed by atoms with Gasteiger partial charge in [0.15, 0.2) is 0 Å². The largest absolute Gasteiger partial charge is 0.314 e. The molecule has 1 heteroatoms. The van der Waals surface area contributed by atoms with Crippen molar-refractivity contribution in [2.45, 2.75) is 78.2 Å². The van der Waals surface area contributed by atoms with E-state index in [0.717, 1.165) is 17.9 Å². The Morgan fingerprint density at radius 2 is 1.75 bits per heavy atom. The fourth-order valence-electron chi connectivity index (χ4n) is 2.38. The highest BCUT2D eigenvalue weighted by Gasteiger charge is 2.27. The molecule has 1 N–H and O–H groups in total. The Bertz CT molecular complexity index is 163. The van der Waals surface area contributed by atoms with Crippen LogP contribution in [0.15, 0.2) is 0 Å². The third-order valence-electron chi connectivity index (χ3n) is 3.96. The summed E-state index contributed by atoms with van der Waals surface area (Å²) in [5, 5.41) is 3.69. The summed E-state index contributed by atoms with van der Waals surface area (Å²) in [6, 6.07) is 0.725. The fraction of sp³-hybridized carbons (Fsp3) is 1.00. The van der Waals surface area contributed by atoms with Crippen LogP contribution in [-0.4, -0.2) is 12.6 Å². The summed E-state index contributed by atoms with van der Waals surface area (Å²) < 4.78 is 0. The van der Waals surface area contributed by atoms with E-state index < -0.39 is 0 Å². The van der Waals surface area contributed by atoms with E-state index in [-0.39, 0.29) is 0 Å². The van der Waals surface area contributed by atoms with Crippen molar-refractivity contribution < 1.29 is 0 Å². The third kappa shape index (κ3) is 6.52. The Kier molecular flexibility index (Phi) is 7.11. The molecule has 1 rings (SSSR count). The van der Waals surface area contributed by atoms with E-state index in [2.05, 4.69) is 26.1 Å². The lowest BCUT2D eigenvalue weighted by Gasteiger charge is -2.17.